The number of nitrogens with two attached hydrogens (primary N) is 1. The molecule has 1 aromatic heterocycles. The van der Waals surface area contributed by atoms with Gasteiger partial charge in [-0.1, -0.05) is 0 Å². The molecule has 0 unspecified atom stereocenters. The molecule has 1 saturated heterocycles. The Morgan fingerprint density at radius 3 is 2.81 bits per heavy atom. The van der Waals surface area contributed by atoms with Crippen LogP contribution in [0.3, 0.4) is 0 Å². The number of aryl methyl sites for hydroxylation is 2. The maximum atomic E-state index is 5.56. The molecule has 0 spiro atoms. The Kier molecular flexibility index (Phi) is 3.72. The van der Waals surface area contributed by atoms with E-state index in [-0.39, 0.29) is 0 Å². The average Bonchev–Trinajstić information content (AvgIpc) is 2.80. The number of hydrogen-bond donors (Lipinski definition) is 1. The number of anilines is 1. The van der Waals surface area contributed by atoms with Crippen molar-refractivity contribution >= 4 is 5.82 Å². The van der Waals surface area contributed by atoms with Crippen LogP contribution in [0, 0.1) is 6.92 Å². The molecule has 16 heavy (non-hydrogen) atoms. The summed E-state index contributed by atoms with van der Waals surface area (Å²) in [6.07, 6.45) is 6.51. The van der Waals surface area contributed by atoms with Crippen LogP contribution in [0.15, 0.2) is 6.20 Å². The van der Waals surface area contributed by atoms with Crippen molar-refractivity contribution in [2.24, 2.45) is 5.73 Å². The highest BCUT2D eigenvalue weighted by molar-refractivity contribution is 5.46. The molecular weight excluding hydrogens is 200 g/mol. The van der Waals surface area contributed by atoms with Gasteiger partial charge in [0, 0.05) is 24.8 Å². The molecule has 0 bridgehead atoms. The largest absolute Gasteiger partial charge is 0.356 e. The molecule has 4 heteroatoms. The minimum absolute atomic E-state index is 0.729. The molecule has 0 saturated carbocycles. The maximum absolute atomic E-state index is 5.56. The Balaban J connectivity index is 2.21. The third-order valence-corrected chi connectivity index (χ3v) is 3.02. The van der Waals surface area contributed by atoms with Gasteiger partial charge in [-0.2, -0.15) is 0 Å². The van der Waals surface area contributed by atoms with Crippen LogP contribution >= 0.6 is 0 Å². The van der Waals surface area contributed by atoms with Crippen LogP contribution < -0.4 is 10.6 Å². The Bertz CT molecular complexity index is 345. The van der Waals surface area contributed by atoms with Crippen molar-refractivity contribution in [2.75, 3.05) is 24.5 Å². The summed E-state index contributed by atoms with van der Waals surface area (Å²) < 4.78 is 0. The Morgan fingerprint density at radius 2 is 2.12 bits per heavy atom. The summed E-state index contributed by atoms with van der Waals surface area (Å²) in [7, 11) is 0. The lowest BCUT2D eigenvalue weighted by Gasteiger charge is -2.20. The van der Waals surface area contributed by atoms with Crippen LogP contribution in [-0.4, -0.2) is 29.6 Å². The van der Waals surface area contributed by atoms with Crippen molar-refractivity contribution in [2.45, 2.75) is 32.6 Å². The van der Waals surface area contributed by atoms with Gasteiger partial charge in [-0.25, -0.2) is 9.97 Å². The van der Waals surface area contributed by atoms with Gasteiger partial charge in [0.25, 0.3) is 0 Å². The number of rotatable bonds is 4. The van der Waals surface area contributed by atoms with Crippen LogP contribution in [0.4, 0.5) is 5.82 Å². The fourth-order valence-electron chi connectivity index (χ4n) is 2.15. The van der Waals surface area contributed by atoms with Crippen LogP contribution in [-0.2, 0) is 6.42 Å². The van der Waals surface area contributed by atoms with Crippen LogP contribution in [0.25, 0.3) is 0 Å². The molecule has 0 aromatic carbocycles. The van der Waals surface area contributed by atoms with Crippen molar-refractivity contribution < 1.29 is 0 Å². The highest BCUT2D eigenvalue weighted by Gasteiger charge is 2.17. The van der Waals surface area contributed by atoms with Gasteiger partial charge >= 0.3 is 0 Å². The second kappa shape index (κ2) is 5.25. The smallest absolute Gasteiger partial charge is 0.135 e. The SMILES string of the molecule is Cc1ncc(CCCN)c(N2CCCC2)n1. The highest BCUT2D eigenvalue weighted by Crippen LogP contribution is 2.22. The first-order valence-corrected chi connectivity index (χ1v) is 6.09. The lowest BCUT2D eigenvalue weighted by molar-refractivity contribution is 0.803. The van der Waals surface area contributed by atoms with E-state index in [2.05, 4.69) is 14.9 Å². The zero-order valence-electron chi connectivity index (χ0n) is 9.95. The minimum atomic E-state index is 0.729. The number of hydrogen-bond acceptors (Lipinski definition) is 4. The van der Waals surface area contributed by atoms with E-state index in [4.69, 9.17) is 5.73 Å². The summed E-state index contributed by atoms with van der Waals surface area (Å²) >= 11 is 0. The van der Waals surface area contributed by atoms with E-state index in [0.717, 1.165) is 44.1 Å². The van der Waals surface area contributed by atoms with Gasteiger partial charge in [0.05, 0.1) is 0 Å². The zero-order chi connectivity index (χ0) is 11.4. The molecule has 0 radical (unpaired) electrons. The second-order valence-electron chi connectivity index (χ2n) is 4.35. The third kappa shape index (κ3) is 2.50. The van der Waals surface area contributed by atoms with Gasteiger partial charge in [-0.3, -0.25) is 0 Å². The average molecular weight is 220 g/mol. The molecule has 1 aliphatic rings. The Hall–Kier alpha value is -1.16. The first-order valence-electron chi connectivity index (χ1n) is 6.09. The molecule has 1 aromatic rings. The van der Waals surface area contributed by atoms with Gasteiger partial charge in [0.15, 0.2) is 0 Å². The lowest BCUT2D eigenvalue weighted by atomic mass is 10.1. The van der Waals surface area contributed by atoms with E-state index in [1.807, 2.05) is 13.1 Å². The van der Waals surface area contributed by atoms with Crippen LogP contribution in [0.2, 0.25) is 0 Å². The van der Waals surface area contributed by atoms with E-state index in [0.29, 0.717) is 0 Å². The summed E-state index contributed by atoms with van der Waals surface area (Å²) in [5.74, 6) is 2.00. The summed E-state index contributed by atoms with van der Waals surface area (Å²) in [4.78, 5) is 11.2. The highest BCUT2D eigenvalue weighted by atomic mass is 15.2. The normalized spacial score (nSPS) is 15.8. The van der Waals surface area contributed by atoms with Crippen molar-refractivity contribution in [1.82, 2.24) is 9.97 Å². The lowest BCUT2D eigenvalue weighted by Crippen LogP contribution is -2.21. The summed E-state index contributed by atoms with van der Waals surface area (Å²) in [6, 6.07) is 0. The topological polar surface area (TPSA) is 55.0 Å². The van der Waals surface area contributed by atoms with Crippen molar-refractivity contribution in [3.8, 4) is 0 Å². The Morgan fingerprint density at radius 1 is 1.38 bits per heavy atom. The first-order chi connectivity index (χ1) is 7.81. The second-order valence-corrected chi connectivity index (χ2v) is 4.35. The molecule has 0 aliphatic carbocycles. The molecule has 1 fully saturated rings. The molecule has 2 rings (SSSR count). The summed E-state index contributed by atoms with van der Waals surface area (Å²) in [6.45, 7) is 4.94. The number of nitrogens with zero attached hydrogens (tertiary/aromatic N) is 3. The molecule has 0 atom stereocenters. The van der Waals surface area contributed by atoms with E-state index in [1.165, 1.54) is 18.4 Å². The molecule has 4 nitrogen and oxygen atoms in total. The standard InChI is InChI=1S/C12H20N4/c1-10-14-9-11(5-4-6-13)12(15-10)16-7-2-3-8-16/h9H,2-8,13H2,1H3. The molecule has 1 aliphatic heterocycles. The van der Waals surface area contributed by atoms with E-state index in [9.17, 15) is 0 Å². The van der Waals surface area contributed by atoms with E-state index in [1.54, 1.807) is 0 Å². The molecular formula is C12H20N4. The quantitative estimate of drug-likeness (QED) is 0.830. The van der Waals surface area contributed by atoms with Crippen molar-refractivity contribution in [1.29, 1.82) is 0 Å². The third-order valence-electron chi connectivity index (χ3n) is 3.02. The minimum Gasteiger partial charge on any atom is -0.356 e. The molecule has 2 N–H and O–H groups in total. The predicted octanol–water partition coefficient (Wildman–Crippen LogP) is 1.28. The van der Waals surface area contributed by atoms with Gasteiger partial charge in [0.1, 0.15) is 11.6 Å². The van der Waals surface area contributed by atoms with Crippen LogP contribution in [0.5, 0.6) is 0 Å². The van der Waals surface area contributed by atoms with Gasteiger partial charge < -0.3 is 10.6 Å². The zero-order valence-corrected chi connectivity index (χ0v) is 9.95. The Labute approximate surface area is 96.9 Å². The number of aromatic nitrogens is 2. The molecule has 2 heterocycles. The summed E-state index contributed by atoms with van der Waals surface area (Å²) in [5, 5.41) is 0. The monoisotopic (exact) mass is 220 g/mol. The first kappa shape index (κ1) is 11.3. The van der Waals surface area contributed by atoms with E-state index < -0.39 is 0 Å². The maximum Gasteiger partial charge on any atom is 0.135 e. The van der Waals surface area contributed by atoms with Gasteiger partial charge in [0.2, 0.25) is 0 Å². The predicted molar refractivity (Wildman–Crippen MR) is 65.6 cm³/mol. The van der Waals surface area contributed by atoms with E-state index >= 15 is 0 Å². The fourth-order valence-corrected chi connectivity index (χ4v) is 2.15. The van der Waals surface area contributed by atoms with Gasteiger partial charge in [-0.05, 0) is 39.2 Å². The van der Waals surface area contributed by atoms with Crippen LogP contribution in [0.1, 0.15) is 30.7 Å². The molecule has 88 valence electrons. The van der Waals surface area contributed by atoms with Crippen molar-refractivity contribution in [3.63, 3.8) is 0 Å². The van der Waals surface area contributed by atoms with Crippen molar-refractivity contribution in [3.05, 3.63) is 17.6 Å². The van der Waals surface area contributed by atoms with Gasteiger partial charge in [-0.15, -0.1) is 0 Å². The fraction of sp³-hybridized carbons (Fsp3) is 0.667. The summed E-state index contributed by atoms with van der Waals surface area (Å²) in [5.41, 5.74) is 6.80. The molecule has 0 amide bonds.